The van der Waals surface area contributed by atoms with Gasteiger partial charge in [0.05, 0.1) is 0 Å². The largest absolute Gasteiger partial charge is 0.0654 e. The summed E-state index contributed by atoms with van der Waals surface area (Å²) in [4.78, 5) is 0. The molecule has 0 aromatic heterocycles. The first-order valence-electron chi connectivity index (χ1n) is 20.8. The fourth-order valence-corrected chi connectivity index (χ4v) is 10.4. The van der Waals surface area contributed by atoms with Crippen molar-refractivity contribution < 1.29 is 0 Å². The van der Waals surface area contributed by atoms with Gasteiger partial charge in [0, 0.05) is 0 Å². The molecular weight excluding hydrogens is 553 g/mol. The molecule has 2 saturated carbocycles. The molecule has 0 amide bonds. The number of fused-ring (bicyclic) bond motifs is 3. The molecule has 0 heteroatoms. The van der Waals surface area contributed by atoms with E-state index in [0.29, 0.717) is 0 Å². The van der Waals surface area contributed by atoms with Crippen LogP contribution in [0.4, 0.5) is 0 Å². The predicted octanol–water partition coefficient (Wildman–Crippen LogP) is 14.3. The topological polar surface area (TPSA) is 0 Å². The van der Waals surface area contributed by atoms with E-state index in [9.17, 15) is 0 Å². The molecule has 0 heterocycles. The maximum atomic E-state index is 2.87. The van der Waals surface area contributed by atoms with Gasteiger partial charge < -0.3 is 0 Å². The molecule has 3 aromatic rings. The first kappa shape index (κ1) is 34.1. The zero-order valence-electron chi connectivity index (χ0n) is 30.7. The molecule has 0 spiro atoms. The molecule has 0 saturated heterocycles. The molecular formula is C46H68. The van der Waals surface area contributed by atoms with Crippen LogP contribution >= 0.6 is 0 Å². The van der Waals surface area contributed by atoms with Gasteiger partial charge in [-0.3, -0.25) is 0 Å². The van der Waals surface area contributed by atoms with Crippen molar-refractivity contribution in [1.29, 1.82) is 0 Å². The van der Waals surface area contributed by atoms with Crippen molar-refractivity contribution >= 4 is 21.5 Å². The zero-order valence-corrected chi connectivity index (χ0v) is 30.7. The van der Waals surface area contributed by atoms with Crippen LogP contribution in [-0.4, -0.2) is 0 Å². The molecule has 46 heavy (non-hydrogen) atoms. The van der Waals surface area contributed by atoms with Crippen LogP contribution < -0.4 is 0 Å². The van der Waals surface area contributed by atoms with Crippen molar-refractivity contribution in [3.63, 3.8) is 0 Å². The van der Waals surface area contributed by atoms with Gasteiger partial charge in [-0.25, -0.2) is 0 Å². The lowest BCUT2D eigenvalue weighted by Gasteiger charge is -2.35. The number of hydrogen-bond acceptors (Lipinski definition) is 0. The van der Waals surface area contributed by atoms with Gasteiger partial charge in [0.2, 0.25) is 0 Å². The van der Waals surface area contributed by atoms with Crippen LogP contribution in [0.1, 0.15) is 212 Å². The van der Waals surface area contributed by atoms with E-state index in [1.807, 2.05) is 22.3 Å². The molecule has 0 N–H and O–H groups in total. The number of aryl methyl sites for hydroxylation is 2. The summed E-state index contributed by atoms with van der Waals surface area (Å²) < 4.78 is 0. The van der Waals surface area contributed by atoms with Crippen molar-refractivity contribution in [1.82, 2.24) is 0 Å². The van der Waals surface area contributed by atoms with Crippen LogP contribution in [0.3, 0.4) is 0 Å². The average Bonchev–Trinajstić information content (AvgIpc) is 3.10. The Balaban J connectivity index is 1.74. The highest BCUT2D eigenvalue weighted by molar-refractivity contribution is 6.06. The Morgan fingerprint density at radius 3 is 1.11 bits per heavy atom. The molecule has 2 fully saturated rings. The molecule has 0 radical (unpaired) electrons. The average molecular weight is 621 g/mol. The maximum absolute atomic E-state index is 2.87. The van der Waals surface area contributed by atoms with Crippen LogP contribution in [0.2, 0.25) is 0 Å². The van der Waals surface area contributed by atoms with E-state index in [1.165, 1.54) is 167 Å². The first-order valence-corrected chi connectivity index (χ1v) is 20.8. The normalized spacial score (nSPS) is 18.1. The summed E-state index contributed by atoms with van der Waals surface area (Å²) in [7, 11) is 0. The SMILES string of the molecule is CCCCc1c(CCCC)c(CCCC)c2cc3c(C4CCCCC4)c4c(c(C5CCCCC5)c3cc2c1CCCC)CCCC4. The molecule has 3 aromatic carbocycles. The third-order valence-electron chi connectivity index (χ3n) is 12.7. The molecule has 0 nitrogen and oxygen atoms in total. The summed E-state index contributed by atoms with van der Waals surface area (Å²) in [6.45, 7) is 9.61. The third kappa shape index (κ3) is 6.99. The van der Waals surface area contributed by atoms with Crippen LogP contribution in [0.25, 0.3) is 21.5 Å². The van der Waals surface area contributed by atoms with Crippen molar-refractivity contribution in [2.75, 3.05) is 0 Å². The summed E-state index contributed by atoms with van der Waals surface area (Å²) in [5.41, 5.74) is 14.6. The highest BCUT2D eigenvalue weighted by Crippen LogP contribution is 2.49. The zero-order chi connectivity index (χ0) is 31.9. The minimum atomic E-state index is 0.781. The van der Waals surface area contributed by atoms with Crippen molar-refractivity contribution in [2.24, 2.45) is 0 Å². The van der Waals surface area contributed by atoms with E-state index in [0.717, 1.165) is 11.8 Å². The van der Waals surface area contributed by atoms with E-state index in [-0.39, 0.29) is 0 Å². The highest BCUT2D eigenvalue weighted by Gasteiger charge is 2.31. The monoisotopic (exact) mass is 621 g/mol. The quantitative estimate of drug-likeness (QED) is 0.157. The van der Waals surface area contributed by atoms with Crippen molar-refractivity contribution in [3.8, 4) is 0 Å². The van der Waals surface area contributed by atoms with E-state index in [1.54, 1.807) is 43.8 Å². The van der Waals surface area contributed by atoms with Crippen LogP contribution in [-0.2, 0) is 38.5 Å². The summed E-state index contributed by atoms with van der Waals surface area (Å²) in [6, 6.07) is 5.74. The lowest BCUT2D eigenvalue weighted by Crippen LogP contribution is -2.18. The lowest BCUT2D eigenvalue weighted by atomic mass is 9.70. The van der Waals surface area contributed by atoms with Crippen LogP contribution in [0.15, 0.2) is 12.1 Å². The van der Waals surface area contributed by atoms with E-state index in [4.69, 9.17) is 0 Å². The Hall–Kier alpha value is -1.82. The van der Waals surface area contributed by atoms with Gasteiger partial charge in [0.1, 0.15) is 0 Å². The summed E-state index contributed by atoms with van der Waals surface area (Å²) in [5.74, 6) is 1.56. The Morgan fingerprint density at radius 2 is 0.761 bits per heavy atom. The molecule has 3 aliphatic rings. The molecule has 0 bridgehead atoms. The van der Waals surface area contributed by atoms with Gasteiger partial charge in [0.15, 0.2) is 0 Å². The van der Waals surface area contributed by atoms with Crippen molar-refractivity contribution in [2.45, 2.75) is 206 Å². The Bertz CT molecular complexity index is 1330. The minimum Gasteiger partial charge on any atom is -0.0654 e. The van der Waals surface area contributed by atoms with E-state index in [2.05, 4.69) is 39.8 Å². The Labute approximate surface area is 283 Å². The predicted molar refractivity (Wildman–Crippen MR) is 204 cm³/mol. The smallest absolute Gasteiger partial charge is 0.0137 e. The minimum absolute atomic E-state index is 0.781. The second-order valence-corrected chi connectivity index (χ2v) is 15.9. The van der Waals surface area contributed by atoms with Crippen LogP contribution in [0.5, 0.6) is 0 Å². The maximum Gasteiger partial charge on any atom is -0.0137 e. The summed E-state index contributed by atoms with van der Waals surface area (Å²) in [5, 5.41) is 6.81. The van der Waals surface area contributed by atoms with E-state index >= 15 is 0 Å². The number of unbranched alkanes of at least 4 members (excludes halogenated alkanes) is 4. The lowest BCUT2D eigenvalue weighted by molar-refractivity contribution is 0.435. The molecule has 3 aliphatic carbocycles. The summed E-state index contributed by atoms with van der Waals surface area (Å²) in [6.07, 6.45) is 35.4. The molecule has 0 aliphatic heterocycles. The number of hydrogen-bond donors (Lipinski definition) is 0. The summed E-state index contributed by atoms with van der Waals surface area (Å²) >= 11 is 0. The van der Waals surface area contributed by atoms with Gasteiger partial charge in [-0.1, -0.05) is 91.9 Å². The standard InChI is InChI=1S/C46H68/c1-5-9-25-35-36(26-10-6-2)38(28-12-8-4)42-32-44-43(31-41(42)37(35)27-11-7-3)45(33-21-15-13-16-22-33)39-29-19-20-30-40(39)46(44)34-23-17-14-18-24-34/h31-34H,5-30H2,1-4H3. The second-order valence-electron chi connectivity index (χ2n) is 15.9. The Morgan fingerprint density at radius 1 is 0.413 bits per heavy atom. The fourth-order valence-electron chi connectivity index (χ4n) is 10.4. The highest BCUT2D eigenvalue weighted by atomic mass is 14.4. The van der Waals surface area contributed by atoms with E-state index < -0.39 is 0 Å². The molecule has 0 atom stereocenters. The molecule has 252 valence electrons. The number of benzene rings is 3. The van der Waals surface area contributed by atoms with Gasteiger partial charge in [0.25, 0.3) is 0 Å². The fraction of sp³-hybridized carbons (Fsp3) is 0.696. The van der Waals surface area contributed by atoms with Gasteiger partial charge in [-0.15, -0.1) is 0 Å². The van der Waals surface area contributed by atoms with Crippen LogP contribution in [0, 0.1) is 0 Å². The van der Waals surface area contributed by atoms with Crippen molar-refractivity contribution in [3.05, 3.63) is 56.6 Å². The van der Waals surface area contributed by atoms with Gasteiger partial charge in [-0.2, -0.15) is 0 Å². The number of rotatable bonds is 14. The van der Waals surface area contributed by atoms with Gasteiger partial charge in [-0.05, 0) is 193 Å². The second kappa shape index (κ2) is 16.5. The van der Waals surface area contributed by atoms with Gasteiger partial charge >= 0.3 is 0 Å². The Kier molecular flexibility index (Phi) is 12.2. The molecule has 6 rings (SSSR count). The third-order valence-corrected chi connectivity index (χ3v) is 12.7. The molecule has 0 unspecified atom stereocenters. The first-order chi connectivity index (χ1) is 22.7.